The highest BCUT2D eigenvalue weighted by atomic mass is 16.5. The van der Waals surface area contributed by atoms with E-state index in [-0.39, 0.29) is 17.9 Å². The Labute approximate surface area is 143 Å². The van der Waals surface area contributed by atoms with Gasteiger partial charge in [-0.05, 0) is 37.8 Å². The SMILES string of the molecule is O=C(Nc1cccnc1)[C@@H]1CCO[C@@H]2CCN(C3CCCC3)C[C@H]21. The smallest absolute Gasteiger partial charge is 0.228 e. The maximum Gasteiger partial charge on any atom is 0.228 e. The number of fused-ring (bicyclic) bond motifs is 1. The quantitative estimate of drug-likeness (QED) is 0.926. The molecule has 0 unspecified atom stereocenters. The van der Waals surface area contributed by atoms with Crippen molar-refractivity contribution in [3.63, 3.8) is 0 Å². The van der Waals surface area contributed by atoms with Crippen LogP contribution in [-0.2, 0) is 9.53 Å². The highest BCUT2D eigenvalue weighted by molar-refractivity contribution is 5.92. The molecule has 5 heteroatoms. The van der Waals surface area contributed by atoms with Gasteiger partial charge >= 0.3 is 0 Å². The molecule has 1 aromatic heterocycles. The van der Waals surface area contributed by atoms with Crippen molar-refractivity contribution in [3.8, 4) is 0 Å². The van der Waals surface area contributed by atoms with Crippen LogP contribution in [0.1, 0.15) is 38.5 Å². The molecule has 3 fully saturated rings. The van der Waals surface area contributed by atoms with Gasteiger partial charge in [0, 0.05) is 43.8 Å². The van der Waals surface area contributed by atoms with E-state index in [1.165, 1.54) is 25.7 Å². The first-order valence-electron chi connectivity index (χ1n) is 9.38. The van der Waals surface area contributed by atoms with Crippen LogP contribution < -0.4 is 5.32 Å². The van der Waals surface area contributed by atoms with Crippen molar-refractivity contribution in [3.05, 3.63) is 24.5 Å². The third-order valence-electron chi connectivity index (χ3n) is 6.01. The Kier molecular flexibility index (Phi) is 4.81. The molecule has 0 spiro atoms. The second kappa shape index (κ2) is 7.19. The van der Waals surface area contributed by atoms with Crippen molar-refractivity contribution < 1.29 is 9.53 Å². The maximum atomic E-state index is 12.8. The lowest BCUT2D eigenvalue weighted by molar-refractivity contribution is -0.138. The predicted octanol–water partition coefficient (Wildman–Crippen LogP) is 2.69. The fourth-order valence-corrected chi connectivity index (χ4v) is 4.74. The number of hydrogen-bond acceptors (Lipinski definition) is 4. The molecule has 130 valence electrons. The first-order valence-corrected chi connectivity index (χ1v) is 9.38. The first kappa shape index (κ1) is 16.0. The molecular weight excluding hydrogens is 302 g/mol. The molecule has 1 aromatic rings. The maximum absolute atomic E-state index is 12.8. The van der Waals surface area contributed by atoms with Gasteiger partial charge in [-0.1, -0.05) is 12.8 Å². The van der Waals surface area contributed by atoms with E-state index in [0.717, 1.165) is 37.7 Å². The van der Waals surface area contributed by atoms with E-state index in [9.17, 15) is 4.79 Å². The monoisotopic (exact) mass is 329 g/mol. The molecule has 1 amide bonds. The third-order valence-corrected chi connectivity index (χ3v) is 6.01. The van der Waals surface area contributed by atoms with E-state index in [4.69, 9.17) is 4.74 Å². The zero-order chi connectivity index (χ0) is 16.4. The normalized spacial score (nSPS) is 31.6. The van der Waals surface area contributed by atoms with Gasteiger partial charge in [0.15, 0.2) is 0 Å². The Morgan fingerprint density at radius 1 is 1.25 bits per heavy atom. The number of amides is 1. The molecular formula is C19H27N3O2. The lowest BCUT2D eigenvalue weighted by Gasteiger charge is -2.46. The zero-order valence-electron chi connectivity index (χ0n) is 14.2. The molecule has 1 aliphatic carbocycles. The number of rotatable bonds is 3. The van der Waals surface area contributed by atoms with Gasteiger partial charge in [0.05, 0.1) is 18.0 Å². The Morgan fingerprint density at radius 3 is 2.92 bits per heavy atom. The number of nitrogens with zero attached hydrogens (tertiary/aromatic N) is 2. The molecule has 3 aliphatic rings. The van der Waals surface area contributed by atoms with Crippen LogP contribution in [0.4, 0.5) is 5.69 Å². The molecule has 2 aliphatic heterocycles. The van der Waals surface area contributed by atoms with E-state index in [2.05, 4.69) is 15.2 Å². The Bertz CT molecular complexity index is 559. The minimum atomic E-state index is 0.0492. The van der Waals surface area contributed by atoms with Gasteiger partial charge in [-0.3, -0.25) is 14.7 Å². The summed E-state index contributed by atoms with van der Waals surface area (Å²) in [5.74, 6) is 0.507. The van der Waals surface area contributed by atoms with Crippen molar-refractivity contribution in [2.45, 2.75) is 50.7 Å². The second-order valence-electron chi connectivity index (χ2n) is 7.42. The summed E-state index contributed by atoms with van der Waals surface area (Å²) >= 11 is 0. The summed E-state index contributed by atoms with van der Waals surface area (Å²) in [6, 6.07) is 4.48. The summed E-state index contributed by atoms with van der Waals surface area (Å²) < 4.78 is 6.00. The van der Waals surface area contributed by atoms with Crippen molar-refractivity contribution in [1.29, 1.82) is 0 Å². The minimum absolute atomic E-state index is 0.0492. The lowest BCUT2D eigenvalue weighted by atomic mass is 9.78. The molecule has 3 heterocycles. The van der Waals surface area contributed by atoms with Crippen LogP contribution in [0.5, 0.6) is 0 Å². The van der Waals surface area contributed by atoms with Gasteiger partial charge in [0.25, 0.3) is 0 Å². The van der Waals surface area contributed by atoms with Crippen LogP contribution in [0.25, 0.3) is 0 Å². The van der Waals surface area contributed by atoms with Gasteiger partial charge in [-0.25, -0.2) is 0 Å². The highest BCUT2D eigenvalue weighted by Crippen LogP contribution is 2.36. The summed E-state index contributed by atoms with van der Waals surface area (Å²) in [7, 11) is 0. The standard InChI is InChI=1S/C19H27N3O2/c23-19(21-14-4-3-9-20-12-14)16-8-11-24-18-7-10-22(13-17(16)18)15-5-1-2-6-15/h3-4,9,12,15-18H,1-2,5-8,10-11,13H2,(H,21,23)/t16-,17+,18-/m1/s1. The van der Waals surface area contributed by atoms with Gasteiger partial charge in [-0.15, -0.1) is 0 Å². The predicted molar refractivity (Wildman–Crippen MR) is 92.6 cm³/mol. The molecule has 1 N–H and O–H groups in total. The zero-order valence-corrected chi connectivity index (χ0v) is 14.2. The molecule has 0 aromatic carbocycles. The number of piperidine rings is 1. The van der Waals surface area contributed by atoms with Crippen LogP contribution in [0.3, 0.4) is 0 Å². The number of nitrogens with one attached hydrogen (secondary N) is 1. The van der Waals surface area contributed by atoms with Crippen molar-refractivity contribution in [1.82, 2.24) is 9.88 Å². The van der Waals surface area contributed by atoms with Crippen LogP contribution >= 0.6 is 0 Å². The van der Waals surface area contributed by atoms with Crippen LogP contribution in [0.2, 0.25) is 0 Å². The molecule has 1 saturated carbocycles. The van der Waals surface area contributed by atoms with E-state index in [1.807, 2.05) is 12.1 Å². The lowest BCUT2D eigenvalue weighted by Crippen LogP contribution is -2.54. The number of anilines is 1. The molecule has 0 bridgehead atoms. The number of pyridine rings is 1. The van der Waals surface area contributed by atoms with Gasteiger partial charge in [0.2, 0.25) is 5.91 Å². The first-order chi connectivity index (χ1) is 11.8. The average Bonchev–Trinajstić information content (AvgIpc) is 3.16. The molecule has 3 atom stereocenters. The van der Waals surface area contributed by atoms with E-state index >= 15 is 0 Å². The summed E-state index contributed by atoms with van der Waals surface area (Å²) in [4.78, 5) is 19.6. The van der Waals surface area contributed by atoms with Crippen molar-refractivity contribution in [2.75, 3.05) is 25.0 Å². The summed E-state index contributed by atoms with van der Waals surface area (Å²) in [6.07, 6.45) is 10.9. The molecule has 24 heavy (non-hydrogen) atoms. The Morgan fingerprint density at radius 2 is 2.12 bits per heavy atom. The Hall–Kier alpha value is -1.46. The van der Waals surface area contributed by atoms with Crippen LogP contribution in [0, 0.1) is 11.8 Å². The number of hydrogen-bond donors (Lipinski definition) is 1. The fraction of sp³-hybridized carbons (Fsp3) is 0.684. The number of aromatic nitrogens is 1. The largest absolute Gasteiger partial charge is 0.378 e. The van der Waals surface area contributed by atoms with Gasteiger partial charge in [-0.2, -0.15) is 0 Å². The third kappa shape index (κ3) is 3.33. The van der Waals surface area contributed by atoms with Crippen LogP contribution in [0.15, 0.2) is 24.5 Å². The van der Waals surface area contributed by atoms with Gasteiger partial charge in [0.1, 0.15) is 0 Å². The van der Waals surface area contributed by atoms with E-state index in [0.29, 0.717) is 12.5 Å². The highest BCUT2D eigenvalue weighted by Gasteiger charge is 2.43. The number of likely N-dealkylation sites (tertiary alicyclic amines) is 1. The van der Waals surface area contributed by atoms with Crippen molar-refractivity contribution >= 4 is 11.6 Å². The van der Waals surface area contributed by atoms with E-state index < -0.39 is 0 Å². The molecule has 4 rings (SSSR count). The summed E-state index contributed by atoms with van der Waals surface area (Å²) in [6.45, 7) is 2.85. The second-order valence-corrected chi connectivity index (χ2v) is 7.42. The van der Waals surface area contributed by atoms with Crippen LogP contribution in [-0.4, -0.2) is 47.6 Å². The van der Waals surface area contributed by atoms with Gasteiger partial charge < -0.3 is 10.1 Å². The fourth-order valence-electron chi connectivity index (χ4n) is 4.74. The Balaban J connectivity index is 1.44. The topological polar surface area (TPSA) is 54.5 Å². The number of ether oxygens (including phenoxy) is 1. The molecule has 5 nitrogen and oxygen atoms in total. The summed E-state index contributed by atoms with van der Waals surface area (Å²) in [5.41, 5.74) is 0.786. The molecule has 0 radical (unpaired) electrons. The minimum Gasteiger partial charge on any atom is -0.378 e. The number of carbonyl (C=O) groups excluding carboxylic acids is 1. The molecule has 2 saturated heterocycles. The average molecular weight is 329 g/mol. The van der Waals surface area contributed by atoms with Crippen molar-refractivity contribution in [2.24, 2.45) is 11.8 Å². The summed E-state index contributed by atoms with van der Waals surface area (Å²) in [5, 5.41) is 3.05. The van der Waals surface area contributed by atoms with E-state index in [1.54, 1.807) is 12.4 Å². The number of carbonyl (C=O) groups is 1.